The smallest absolute Gasteiger partial charge is 0.303 e. The van der Waals surface area contributed by atoms with Crippen LogP contribution in [0.2, 0.25) is 24.2 Å². The van der Waals surface area contributed by atoms with Gasteiger partial charge in [-0.15, -0.1) is 0 Å². The molecule has 0 amide bonds. The minimum absolute atomic E-state index is 0.0489. The number of benzene rings is 1. The summed E-state index contributed by atoms with van der Waals surface area (Å²) in [5.41, 5.74) is 0.293. The van der Waals surface area contributed by atoms with Crippen LogP contribution in [0, 0.1) is 15.5 Å². The number of carbonyl (C=O) groups is 1. The predicted molar refractivity (Wildman–Crippen MR) is 101 cm³/mol. The number of hydrogen-bond donors (Lipinski definition) is 1. The summed E-state index contributed by atoms with van der Waals surface area (Å²) in [5, 5.41) is 20.8. The van der Waals surface area contributed by atoms with Gasteiger partial charge < -0.3 is 9.53 Å². The van der Waals surface area contributed by atoms with E-state index in [4.69, 9.17) is 21.1 Å². The molecule has 1 aromatic carbocycles. The minimum Gasteiger partial charge on any atom is -0.481 e. The van der Waals surface area contributed by atoms with Crippen LogP contribution in [-0.2, 0) is 9.22 Å². The number of carboxylic acids is 1. The van der Waals surface area contributed by atoms with Gasteiger partial charge in [-0.1, -0.05) is 32.4 Å². The Kier molecular flexibility index (Phi) is 7.16. The summed E-state index contributed by atoms with van der Waals surface area (Å²) in [6.07, 6.45) is -0.634. The van der Waals surface area contributed by atoms with Gasteiger partial charge in [0.25, 0.3) is 5.69 Å². The molecule has 1 unspecified atom stereocenters. The molecule has 0 aromatic heterocycles. The molecule has 0 saturated heterocycles. The van der Waals surface area contributed by atoms with Gasteiger partial charge in [-0.2, -0.15) is 0 Å². The lowest BCUT2D eigenvalue weighted by atomic mass is 10.0. The number of rotatable bonds is 8. The molecule has 1 aromatic rings. The average molecular weight is 388 g/mol. The molecule has 0 bridgehead atoms. The second kappa shape index (κ2) is 8.29. The monoisotopic (exact) mass is 387 g/mol. The van der Waals surface area contributed by atoms with Gasteiger partial charge in [-0.05, 0) is 43.1 Å². The maximum atomic E-state index is 11.4. The lowest BCUT2D eigenvalue weighted by Crippen LogP contribution is -2.36. The van der Waals surface area contributed by atoms with Crippen molar-refractivity contribution in [2.75, 3.05) is 0 Å². The van der Waals surface area contributed by atoms with E-state index in [1.54, 1.807) is 0 Å². The Bertz CT molecular complexity index is 642. The zero-order chi connectivity index (χ0) is 19.4. The van der Waals surface area contributed by atoms with Gasteiger partial charge in [0.1, 0.15) is 0 Å². The van der Waals surface area contributed by atoms with Crippen LogP contribution >= 0.6 is 11.6 Å². The SMILES string of the molecule is CC(C)(C)C[Si](C)(C)OC(CCC(=O)O)c1cc(Cl)ccc1[N+](=O)[O-]. The van der Waals surface area contributed by atoms with Crippen LogP contribution < -0.4 is 0 Å². The predicted octanol–water partition coefficient (Wildman–Crippen LogP) is 5.42. The Labute approximate surface area is 154 Å². The minimum atomic E-state index is -2.19. The normalized spacial score (nSPS) is 13.5. The third-order valence-electron chi connectivity index (χ3n) is 3.57. The molecule has 0 radical (unpaired) electrons. The molecule has 140 valence electrons. The van der Waals surface area contributed by atoms with Crippen LogP contribution in [0.1, 0.15) is 45.3 Å². The lowest BCUT2D eigenvalue weighted by Gasteiger charge is -2.34. The molecule has 0 fully saturated rings. The summed E-state index contributed by atoms with van der Waals surface area (Å²) in [4.78, 5) is 21.9. The van der Waals surface area contributed by atoms with Gasteiger partial charge >= 0.3 is 5.97 Å². The van der Waals surface area contributed by atoms with Crippen molar-refractivity contribution in [1.29, 1.82) is 0 Å². The standard InChI is InChI=1S/C17H26ClNO5Si/c1-17(2,3)11-25(4,5)24-15(8-9-16(20)21)13-10-12(18)6-7-14(13)19(22)23/h6-7,10,15H,8-9,11H2,1-5H3,(H,20,21). The van der Waals surface area contributed by atoms with Gasteiger partial charge in [0.2, 0.25) is 0 Å². The van der Waals surface area contributed by atoms with Gasteiger partial charge in [0, 0.05) is 17.5 Å². The van der Waals surface area contributed by atoms with E-state index in [1.165, 1.54) is 18.2 Å². The number of nitrogens with zero attached hydrogens (tertiary/aromatic N) is 1. The molecule has 25 heavy (non-hydrogen) atoms. The third-order valence-corrected chi connectivity index (χ3v) is 6.64. The van der Waals surface area contributed by atoms with E-state index in [9.17, 15) is 14.9 Å². The molecule has 0 aliphatic heterocycles. The Morgan fingerprint density at radius 2 is 2.00 bits per heavy atom. The highest BCUT2D eigenvalue weighted by molar-refractivity contribution is 6.71. The van der Waals surface area contributed by atoms with E-state index in [0.717, 1.165) is 6.04 Å². The Balaban J connectivity index is 3.23. The number of hydrogen-bond acceptors (Lipinski definition) is 4. The summed E-state index contributed by atoms with van der Waals surface area (Å²) in [5.74, 6) is -0.964. The maximum Gasteiger partial charge on any atom is 0.303 e. The summed E-state index contributed by atoms with van der Waals surface area (Å²) in [6, 6.07) is 5.15. The van der Waals surface area contributed by atoms with Crippen molar-refractivity contribution in [2.45, 2.75) is 58.9 Å². The quantitative estimate of drug-likeness (QED) is 0.365. The molecule has 0 spiro atoms. The van der Waals surface area contributed by atoms with Gasteiger partial charge in [-0.25, -0.2) is 0 Å². The number of aliphatic carboxylic acids is 1. The molecule has 0 saturated carbocycles. The zero-order valence-corrected chi connectivity index (χ0v) is 17.1. The number of nitro benzene ring substituents is 1. The Morgan fingerprint density at radius 3 is 2.48 bits per heavy atom. The third kappa shape index (κ3) is 7.54. The highest BCUT2D eigenvalue weighted by Crippen LogP contribution is 2.38. The van der Waals surface area contributed by atoms with Crippen molar-refractivity contribution in [3.63, 3.8) is 0 Å². The van der Waals surface area contributed by atoms with Crippen molar-refractivity contribution in [3.05, 3.63) is 38.9 Å². The van der Waals surface area contributed by atoms with Crippen molar-refractivity contribution in [1.82, 2.24) is 0 Å². The van der Waals surface area contributed by atoms with Crippen molar-refractivity contribution in [3.8, 4) is 0 Å². The molecule has 8 heteroatoms. The fourth-order valence-corrected chi connectivity index (χ4v) is 7.02. The average Bonchev–Trinajstić information content (AvgIpc) is 2.40. The van der Waals surface area contributed by atoms with Crippen LogP contribution in [0.3, 0.4) is 0 Å². The fourth-order valence-electron chi connectivity index (χ4n) is 3.19. The second-order valence-electron chi connectivity index (χ2n) is 8.00. The first-order chi connectivity index (χ1) is 11.3. The van der Waals surface area contributed by atoms with Gasteiger partial charge in [-0.3, -0.25) is 14.9 Å². The van der Waals surface area contributed by atoms with E-state index in [-0.39, 0.29) is 23.9 Å². The van der Waals surface area contributed by atoms with E-state index in [0.29, 0.717) is 10.6 Å². The molecule has 6 nitrogen and oxygen atoms in total. The summed E-state index contributed by atoms with van der Waals surface area (Å²) >= 11 is 6.02. The Hall–Kier alpha value is -1.44. The van der Waals surface area contributed by atoms with E-state index >= 15 is 0 Å². The molecular weight excluding hydrogens is 362 g/mol. The molecular formula is C17H26ClNO5Si. The topological polar surface area (TPSA) is 89.7 Å². The number of nitro groups is 1. The molecule has 1 rings (SSSR count). The maximum absolute atomic E-state index is 11.4. The first kappa shape index (κ1) is 21.6. The van der Waals surface area contributed by atoms with Crippen molar-refractivity contribution in [2.24, 2.45) is 5.41 Å². The number of carboxylic acid groups (broad SMARTS) is 1. The molecule has 0 heterocycles. The highest BCUT2D eigenvalue weighted by atomic mass is 35.5. The zero-order valence-electron chi connectivity index (χ0n) is 15.3. The van der Waals surface area contributed by atoms with Crippen LogP contribution in [0.4, 0.5) is 5.69 Å². The van der Waals surface area contributed by atoms with E-state index in [2.05, 4.69) is 20.8 Å². The van der Waals surface area contributed by atoms with E-state index in [1.807, 2.05) is 13.1 Å². The van der Waals surface area contributed by atoms with Crippen LogP contribution in [0.15, 0.2) is 18.2 Å². The first-order valence-corrected chi connectivity index (χ1v) is 11.6. The van der Waals surface area contributed by atoms with Gasteiger partial charge in [0.15, 0.2) is 8.32 Å². The molecule has 0 aliphatic rings. The molecule has 1 atom stereocenters. The Morgan fingerprint density at radius 1 is 1.40 bits per heavy atom. The van der Waals surface area contributed by atoms with Crippen molar-refractivity contribution < 1.29 is 19.3 Å². The van der Waals surface area contributed by atoms with Gasteiger partial charge in [0.05, 0.1) is 16.6 Å². The molecule has 1 N–H and O–H groups in total. The molecule has 0 aliphatic carbocycles. The lowest BCUT2D eigenvalue weighted by molar-refractivity contribution is -0.386. The second-order valence-corrected chi connectivity index (χ2v) is 12.5. The van der Waals surface area contributed by atoms with Crippen molar-refractivity contribution >= 4 is 31.6 Å². The summed E-state index contributed by atoms with van der Waals surface area (Å²) in [6.45, 7) is 10.4. The largest absolute Gasteiger partial charge is 0.481 e. The fraction of sp³-hybridized carbons (Fsp3) is 0.588. The first-order valence-electron chi connectivity index (χ1n) is 8.14. The van der Waals surface area contributed by atoms with E-state index < -0.39 is 25.3 Å². The summed E-state index contributed by atoms with van der Waals surface area (Å²) < 4.78 is 6.31. The number of halogens is 1. The highest BCUT2D eigenvalue weighted by Gasteiger charge is 2.34. The summed E-state index contributed by atoms with van der Waals surface area (Å²) in [7, 11) is -2.19. The van der Waals surface area contributed by atoms with Crippen LogP contribution in [0.25, 0.3) is 0 Å². The van der Waals surface area contributed by atoms with Crippen LogP contribution in [-0.4, -0.2) is 24.3 Å². The van der Waals surface area contributed by atoms with Crippen LogP contribution in [0.5, 0.6) is 0 Å².